The van der Waals surface area contributed by atoms with Gasteiger partial charge in [0, 0.05) is 0 Å². The van der Waals surface area contributed by atoms with Crippen LogP contribution >= 0.6 is 0 Å². The van der Waals surface area contributed by atoms with Crippen molar-refractivity contribution in [1.82, 2.24) is 0 Å². The maximum absolute atomic E-state index is 13.2. The van der Waals surface area contributed by atoms with Gasteiger partial charge in [0.15, 0.2) is 0 Å². The van der Waals surface area contributed by atoms with Gasteiger partial charge >= 0.3 is 0 Å². The first-order chi connectivity index (χ1) is 7.99. The molecule has 1 unspecified atom stereocenters. The Morgan fingerprint density at radius 1 is 1.18 bits per heavy atom. The fraction of sp³-hybridized carbons (Fsp3) is 0.273. The van der Waals surface area contributed by atoms with E-state index in [1.54, 1.807) is 0 Å². The van der Waals surface area contributed by atoms with E-state index < -0.39 is 24.2 Å². The molecule has 0 spiro atoms. The van der Waals surface area contributed by atoms with E-state index in [0.29, 0.717) is 0 Å². The predicted octanol–water partition coefficient (Wildman–Crippen LogP) is 2.05. The standard InChI is InChI=1S/C11H9F3O3/c1-17-7-5-3-2-4-6(7)9(15)8(12)10(16)11(13)14/h2-5,8,11H,1H3. The van der Waals surface area contributed by atoms with E-state index in [9.17, 15) is 22.8 Å². The van der Waals surface area contributed by atoms with Gasteiger partial charge in [-0.15, -0.1) is 0 Å². The number of carbonyl (C=O) groups is 2. The lowest BCUT2D eigenvalue weighted by molar-refractivity contribution is -0.132. The number of Topliss-reactive ketones (excluding diaryl/α,β-unsaturated/α-hetero) is 2. The van der Waals surface area contributed by atoms with Crippen molar-refractivity contribution in [2.45, 2.75) is 12.6 Å². The fourth-order valence-electron chi connectivity index (χ4n) is 1.22. The maximum atomic E-state index is 13.2. The molecule has 0 heterocycles. The molecule has 0 bridgehead atoms. The van der Waals surface area contributed by atoms with Gasteiger partial charge in [0.1, 0.15) is 5.75 Å². The number of methoxy groups -OCH3 is 1. The number of hydrogen-bond acceptors (Lipinski definition) is 3. The van der Waals surface area contributed by atoms with E-state index in [1.165, 1.54) is 31.4 Å². The molecule has 1 atom stereocenters. The predicted molar refractivity (Wildman–Crippen MR) is 53.2 cm³/mol. The van der Waals surface area contributed by atoms with Gasteiger partial charge in [0.25, 0.3) is 6.43 Å². The summed E-state index contributed by atoms with van der Waals surface area (Å²) in [6, 6.07) is 5.51. The minimum Gasteiger partial charge on any atom is -0.496 e. The van der Waals surface area contributed by atoms with E-state index >= 15 is 0 Å². The van der Waals surface area contributed by atoms with Crippen LogP contribution in [0.4, 0.5) is 13.2 Å². The summed E-state index contributed by atoms with van der Waals surface area (Å²) in [6.07, 6.45) is -6.38. The van der Waals surface area contributed by atoms with Gasteiger partial charge in [-0.1, -0.05) is 12.1 Å². The smallest absolute Gasteiger partial charge is 0.299 e. The number of halogens is 3. The molecule has 0 aromatic heterocycles. The second-order valence-corrected chi connectivity index (χ2v) is 3.13. The van der Waals surface area contributed by atoms with E-state index in [-0.39, 0.29) is 11.3 Å². The largest absolute Gasteiger partial charge is 0.496 e. The number of alkyl halides is 3. The summed E-state index contributed by atoms with van der Waals surface area (Å²) < 4.78 is 41.9. The van der Waals surface area contributed by atoms with Crippen molar-refractivity contribution < 1.29 is 27.5 Å². The van der Waals surface area contributed by atoms with E-state index in [2.05, 4.69) is 0 Å². The molecule has 0 aliphatic carbocycles. The molecule has 1 aromatic rings. The van der Waals surface area contributed by atoms with Crippen molar-refractivity contribution in [1.29, 1.82) is 0 Å². The molecule has 0 radical (unpaired) electrons. The molecule has 0 aliphatic rings. The van der Waals surface area contributed by atoms with Crippen LogP contribution in [-0.2, 0) is 4.79 Å². The molecule has 17 heavy (non-hydrogen) atoms. The Morgan fingerprint density at radius 2 is 1.76 bits per heavy atom. The second-order valence-electron chi connectivity index (χ2n) is 3.13. The fourth-order valence-corrected chi connectivity index (χ4v) is 1.22. The molecule has 1 rings (SSSR count). The number of benzene rings is 1. The van der Waals surface area contributed by atoms with E-state index in [4.69, 9.17) is 4.74 Å². The van der Waals surface area contributed by atoms with Crippen molar-refractivity contribution >= 4 is 11.6 Å². The highest BCUT2D eigenvalue weighted by atomic mass is 19.3. The molecule has 0 aliphatic heterocycles. The summed E-state index contributed by atoms with van der Waals surface area (Å²) in [5, 5.41) is 0. The third kappa shape index (κ3) is 2.83. The number of ether oxygens (including phenoxy) is 1. The molecule has 0 fully saturated rings. The van der Waals surface area contributed by atoms with Crippen molar-refractivity contribution in [3.8, 4) is 5.75 Å². The van der Waals surface area contributed by atoms with Crippen LogP contribution in [0.5, 0.6) is 5.75 Å². The van der Waals surface area contributed by atoms with Crippen LogP contribution in [0.2, 0.25) is 0 Å². The molecule has 0 saturated carbocycles. The zero-order chi connectivity index (χ0) is 13.0. The Bertz CT molecular complexity index is 432. The molecule has 92 valence electrons. The molecule has 1 aromatic carbocycles. The lowest BCUT2D eigenvalue weighted by Gasteiger charge is -2.09. The maximum Gasteiger partial charge on any atom is 0.299 e. The van der Waals surface area contributed by atoms with Crippen LogP contribution in [0, 0.1) is 0 Å². The van der Waals surface area contributed by atoms with Crippen LogP contribution in [0.1, 0.15) is 10.4 Å². The number of hydrogen-bond donors (Lipinski definition) is 0. The highest BCUT2D eigenvalue weighted by Crippen LogP contribution is 2.21. The normalized spacial score (nSPS) is 12.3. The Balaban J connectivity index is 3.00. The number of ketones is 2. The van der Waals surface area contributed by atoms with E-state index in [1.807, 2.05) is 0 Å². The summed E-state index contributed by atoms with van der Waals surface area (Å²) in [5.74, 6) is -3.34. The zero-order valence-electron chi connectivity index (χ0n) is 8.82. The van der Waals surface area contributed by atoms with Gasteiger partial charge in [-0.3, -0.25) is 9.59 Å². The highest BCUT2D eigenvalue weighted by Gasteiger charge is 2.34. The van der Waals surface area contributed by atoms with Crippen LogP contribution < -0.4 is 4.74 Å². The topological polar surface area (TPSA) is 43.4 Å². The van der Waals surface area contributed by atoms with Gasteiger partial charge in [-0.05, 0) is 12.1 Å². The average molecular weight is 246 g/mol. The van der Waals surface area contributed by atoms with Gasteiger partial charge in [-0.25, -0.2) is 13.2 Å². The molecule has 3 nitrogen and oxygen atoms in total. The number of para-hydroxylation sites is 1. The summed E-state index contributed by atoms with van der Waals surface area (Å²) in [5.41, 5.74) is -0.239. The average Bonchev–Trinajstić information content (AvgIpc) is 2.35. The minimum atomic E-state index is -3.51. The van der Waals surface area contributed by atoms with Gasteiger partial charge < -0.3 is 4.74 Å². The molecule has 0 amide bonds. The Labute approximate surface area is 95.2 Å². The molecule has 6 heteroatoms. The lowest BCUT2D eigenvalue weighted by atomic mass is 10.0. The van der Waals surface area contributed by atoms with Gasteiger partial charge in [-0.2, -0.15) is 0 Å². The summed E-state index contributed by atoms with van der Waals surface area (Å²) in [7, 11) is 1.24. The molecular weight excluding hydrogens is 237 g/mol. The third-order valence-electron chi connectivity index (χ3n) is 2.07. The summed E-state index contributed by atoms with van der Waals surface area (Å²) in [4.78, 5) is 22.1. The van der Waals surface area contributed by atoms with Gasteiger partial charge in [0.2, 0.25) is 17.7 Å². The van der Waals surface area contributed by atoms with Crippen molar-refractivity contribution in [2.75, 3.05) is 7.11 Å². The summed E-state index contributed by atoms with van der Waals surface area (Å²) >= 11 is 0. The zero-order valence-corrected chi connectivity index (χ0v) is 8.82. The first kappa shape index (κ1) is 13.2. The van der Waals surface area contributed by atoms with Gasteiger partial charge in [0.05, 0.1) is 12.7 Å². The van der Waals surface area contributed by atoms with Crippen molar-refractivity contribution in [3.05, 3.63) is 29.8 Å². The number of carbonyl (C=O) groups excluding carboxylic acids is 2. The SMILES string of the molecule is COc1ccccc1C(=O)C(F)C(=O)C(F)F. The van der Waals surface area contributed by atoms with Crippen molar-refractivity contribution in [2.24, 2.45) is 0 Å². The minimum absolute atomic E-state index is 0.0298. The van der Waals surface area contributed by atoms with E-state index in [0.717, 1.165) is 0 Å². The monoisotopic (exact) mass is 246 g/mol. The molecule has 0 N–H and O–H groups in total. The Hall–Kier alpha value is -1.85. The van der Waals surface area contributed by atoms with Crippen LogP contribution in [0.3, 0.4) is 0 Å². The molecular formula is C11H9F3O3. The van der Waals surface area contributed by atoms with Crippen LogP contribution in [-0.4, -0.2) is 31.3 Å². The second kappa shape index (κ2) is 5.47. The number of rotatable bonds is 5. The quantitative estimate of drug-likeness (QED) is 0.590. The lowest BCUT2D eigenvalue weighted by Crippen LogP contribution is -2.31. The highest BCUT2D eigenvalue weighted by molar-refractivity contribution is 6.15. The summed E-state index contributed by atoms with van der Waals surface area (Å²) in [6.45, 7) is 0. The first-order valence-electron chi connectivity index (χ1n) is 4.62. The Morgan fingerprint density at radius 3 is 2.29 bits per heavy atom. The van der Waals surface area contributed by atoms with Crippen molar-refractivity contribution in [3.63, 3.8) is 0 Å². The first-order valence-corrected chi connectivity index (χ1v) is 4.62. The van der Waals surface area contributed by atoms with Crippen LogP contribution in [0.25, 0.3) is 0 Å². The third-order valence-corrected chi connectivity index (χ3v) is 2.07. The van der Waals surface area contributed by atoms with Crippen LogP contribution in [0.15, 0.2) is 24.3 Å². The Kier molecular flexibility index (Phi) is 4.25. The molecule has 0 saturated heterocycles.